The van der Waals surface area contributed by atoms with E-state index in [1.54, 1.807) is 61.7 Å². The number of esters is 1. The largest absolute Gasteiger partial charge is 0.497 e. The Morgan fingerprint density at radius 2 is 1.42 bits per heavy atom. The van der Waals surface area contributed by atoms with Crippen molar-refractivity contribution < 1.29 is 27.2 Å². The van der Waals surface area contributed by atoms with Crippen LogP contribution >= 0.6 is 0 Å². The summed E-state index contributed by atoms with van der Waals surface area (Å²) >= 11 is 0. The zero-order chi connectivity index (χ0) is 27.0. The second-order valence-electron chi connectivity index (χ2n) is 10.1. The standard InChI is InChI=1S/C27H40O6Si3/c1-10-22(2)35(6,7)33-36(8,9)32-34(4,5)21-11-20-30-25-14-12-23(13-15-25)27(28)31-26-18-16-24(29-3)17-19-26/h10,12-19H,1-2,11,20-21H2,3-9H3. The van der Waals surface area contributed by atoms with Crippen LogP contribution in [0.1, 0.15) is 16.8 Å². The number of rotatable bonds is 14. The van der Waals surface area contributed by atoms with Gasteiger partial charge in [0, 0.05) is 0 Å². The van der Waals surface area contributed by atoms with Gasteiger partial charge in [0.15, 0.2) is 8.32 Å². The molecule has 2 aromatic carbocycles. The van der Waals surface area contributed by atoms with Gasteiger partial charge in [-0.3, -0.25) is 0 Å². The van der Waals surface area contributed by atoms with Crippen LogP contribution < -0.4 is 14.2 Å². The van der Waals surface area contributed by atoms with Gasteiger partial charge in [0.25, 0.3) is 0 Å². The molecule has 0 unspecified atom stereocenters. The summed E-state index contributed by atoms with van der Waals surface area (Å²) in [7, 11) is -4.73. The Kier molecular flexibility index (Phi) is 10.5. The maximum atomic E-state index is 12.4. The van der Waals surface area contributed by atoms with Crippen LogP contribution in [0.25, 0.3) is 0 Å². The maximum Gasteiger partial charge on any atom is 0.343 e. The minimum atomic E-state index is -2.30. The Morgan fingerprint density at radius 1 is 0.861 bits per heavy atom. The summed E-state index contributed by atoms with van der Waals surface area (Å²) in [4.78, 5) is 12.4. The first-order chi connectivity index (χ1) is 16.8. The molecule has 0 atom stereocenters. The lowest BCUT2D eigenvalue weighted by molar-refractivity contribution is 0.0734. The van der Waals surface area contributed by atoms with Crippen molar-refractivity contribution in [2.24, 2.45) is 0 Å². The zero-order valence-electron chi connectivity index (χ0n) is 22.7. The lowest BCUT2D eigenvalue weighted by Gasteiger charge is -2.39. The number of carbonyl (C=O) groups excluding carboxylic acids is 1. The first kappa shape index (κ1) is 29.8. The molecule has 0 aromatic heterocycles. The molecule has 2 rings (SSSR count). The summed E-state index contributed by atoms with van der Waals surface area (Å²) in [6.45, 7) is 21.5. The molecule has 0 bridgehead atoms. The van der Waals surface area contributed by atoms with Crippen LogP contribution in [0.5, 0.6) is 17.2 Å². The van der Waals surface area contributed by atoms with Crippen LogP contribution in [0.3, 0.4) is 0 Å². The number of methoxy groups -OCH3 is 1. The van der Waals surface area contributed by atoms with Crippen LogP contribution in [-0.4, -0.2) is 44.9 Å². The Balaban J connectivity index is 1.80. The Morgan fingerprint density at radius 3 is 1.97 bits per heavy atom. The van der Waals surface area contributed by atoms with Gasteiger partial charge in [0.2, 0.25) is 8.32 Å². The molecule has 6 nitrogen and oxygen atoms in total. The molecule has 0 amide bonds. The van der Waals surface area contributed by atoms with Crippen LogP contribution in [0, 0.1) is 0 Å². The molecule has 2 aromatic rings. The molecule has 0 N–H and O–H groups in total. The fourth-order valence-corrected chi connectivity index (χ4v) is 17.0. The van der Waals surface area contributed by atoms with E-state index in [-0.39, 0.29) is 0 Å². The number of hydrogen-bond donors (Lipinski definition) is 0. The third kappa shape index (κ3) is 9.55. The number of carbonyl (C=O) groups is 1. The third-order valence-electron chi connectivity index (χ3n) is 5.59. The SMILES string of the molecule is C=CC(=C)[Si](C)(C)O[Si](C)(C)O[Si](C)(C)CCCOc1ccc(C(=O)Oc2ccc(OC)cc2)cc1. The molecule has 0 saturated heterocycles. The van der Waals surface area contributed by atoms with E-state index in [1.807, 2.05) is 0 Å². The van der Waals surface area contributed by atoms with Gasteiger partial charge in [0.05, 0.1) is 19.3 Å². The molecule has 9 heteroatoms. The molecule has 196 valence electrons. The van der Waals surface area contributed by atoms with E-state index in [2.05, 4.69) is 52.4 Å². The average molecular weight is 545 g/mol. The number of benzene rings is 2. The third-order valence-corrected chi connectivity index (χ3v) is 17.1. The summed E-state index contributed by atoms with van der Waals surface area (Å²) in [6, 6.07) is 14.8. The lowest BCUT2D eigenvalue weighted by Crippen LogP contribution is -2.52. The van der Waals surface area contributed by atoms with Gasteiger partial charge in [-0.1, -0.05) is 19.2 Å². The van der Waals surface area contributed by atoms with Gasteiger partial charge in [-0.2, -0.15) is 0 Å². The van der Waals surface area contributed by atoms with E-state index < -0.39 is 31.2 Å². The summed E-state index contributed by atoms with van der Waals surface area (Å²) in [5, 5.41) is 0.986. The van der Waals surface area contributed by atoms with Crippen LogP contribution in [-0.2, 0) is 8.23 Å². The summed E-state index contributed by atoms with van der Waals surface area (Å²) < 4.78 is 29.5. The maximum absolute atomic E-state index is 12.4. The van der Waals surface area contributed by atoms with E-state index in [0.717, 1.165) is 17.7 Å². The molecular weight excluding hydrogens is 505 g/mol. The molecule has 0 saturated carbocycles. The quantitative estimate of drug-likeness (QED) is 0.0830. The highest BCUT2D eigenvalue weighted by Crippen LogP contribution is 2.27. The van der Waals surface area contributed by atoms with Crippen molar-refractivity contribution in [2.75, 3.05) is 13.7 Å². The fourth-order valence-electron chi connectivity index (χ4n) is 3.85. The predicted molar refractivity (Wildman–Crippen MR) is 153 cm³/mol. The Labute approximate surface area is 219 Å². The summed E-state index contributed by atoms with van der Waals surface area (Å²) in [5.74, 6) is 1.45. The predicted octanol–water partition coefficient (Wildman–Crippen LogP) is 7.11. The highest BCUT2D eigenvalue weighted by molar-refractivity contribution is 6.90. The second kappa shape index (κ2) is 12.7. The molecule has 0 aliphatic rings. The second-order valence-corrected chi connectivity index (χ2v) is 22.3. The van der Waals surface area contributed by atoms with Gasteiger partial charge in [-0.05, 0) is 105 Å². The fraction of sp³-hybridized carbons (Fsp3) is 0.370. The summed E-state index contributed by atoms with van der Waals surface area (Å²) in [6.07, 6.45) is 2.68. The van der Waals surface area contributed by atoms with Crippen molar-refractivity contribution in [3.05, 3.63) is 78.5 Å². The van der Waals surface area contributed by atoms with Gasteiger partial charge < -0.3 is 22.4 Å². The van der Waals surface area contributed by atoms with Crippen LogP contribution in [0.2, 0.25) is 45.3 Å². The summed E-state index contributed by atoms with van der Waals surface area (Å²) in [5.41, 5.74) is 0.456. The topological polar surface area (TPSA) is 63.2 Å². The Hall–Kier alpha value is -2.44. The van der Waals surface area contributed by atoms with Crippen LogP contribution in [0.15, 0.2) is 73.0 Å². The molecule has 0 heterocycles. The van der Waals surface area contributed by atoms with Crippen molar-refractivity contribution in [3.8, 4) is 17.2 Å². The number of ether oxygens (including phenoxy) is 3. The molecule has 0 aliphatic heterocycles. The highest BCUT2D eigenvalue weighted by atomic mass is 28.5. The van der Waals surface area contributed by atoms with Crippen molar-refractivity contribution >= 4 is 31.2 Å². The van der Waals surface area contributed by atoms with Gasteiger partial charge >= 0.3 is 14.5 Å². The normalized spacial score (nSPS) is 12.1. The smallest absolute Gasteiger partial charge is 0.343 e. The molecular formula is C27H40O6Si3. The Bertz CT molecular complexity index is 1030. The minimum absolute atomic E-state index is 0.423. The molecule has 0 spiro atoms. The molecule has 36 heavy (non-hydrogen) atoms. The van der Waals surface area contributed by atoms with Gasteiger partial charge in [-0.15, -0.1) is 0 Å². The molecule has 0 aliphatic carbocycles. The van der Waals surface area contributed by atoms with E-state index in [9.17, 15) is 4.79 Å². The lowest BCUT2D eigenvalue weighted by atomic mass is 10.2. The van der Waals surface area contributed by atoms with E-state index in [4.69, 9.17) is 22.4 Å². The van der Waals surface area contributed by atoms with Gasteiger partial charge in [-0.25, -0.2) is 4.79 Å². The highest BCUT2D eigenvalue weighted by Gasteiger charge is 2.40. The van der Waals surface area contributed by atoms with E-state index in [0.29, 0.717) is 29.4 Å². The monoisotopic (exact) mass is 544 g/mol. The molecule has 0 fully saturated rings. The van der Waals surface area contributed by atoms with E-state index >= 15 is 0 Å². The van der Waals surface area contributed by atoms with Crippen molar-refractivity contribution in [2.45, 2.75) is 51.7 Å². The average Bonchev–Trinajstić information content (AvgIpc) is 2.80. The van der Waals surface area contributed by atoms with Crippen molar-refractivity contribution in [3.63, 3.8) is 0 Å². The van der Waals surface area contributed by atoms with Crippen molar-refractivity contribution in [1.82, 2.24) is 0 Å². The first-order valence-corrected chi connectivity index (χ1v) is 20.9. The number of hydrogen-bond acceptors (Lipinski definition) is 6. The minimum Gasteiger partial charge on any atom is -0.497 e. The zero-order valence-corrected chi connectivity index (χ0v) is 25.7. The van der Waals surface area contributed by atoms with E-state index in [1.165, 1.54) is 0 Å². The van der Waals surface area contributed by atoms with Crippen LogP contribution in [0.4, 0.5) is 0 Å². The van der Waals surface area contributed by atoms with Gasteiger partial charge in [0.1, 0.15) is 17.2 Å². The molecule has 0 radical (unpaired) electrons. The van der Waals surface area contributed by atoms with Crippen molar-refractivity contribution in [1.29, 1.82) is 0 Å². The first-order valence-electron chi connectivity index (χ1n) is 12.1. The number of allylic oxidation sites excluding steroid dienone is 2.